The van der Waals surface area contributed by atoms with Gasteiger partial charge in [0.2, 0.25) is 5.89 Å². The largest absolute Gasteiger partial charge is 0.398 e. The van der Waals surface area contributed by atoms with Crippen LogP contribution in [0.2, 0.25) is 0 Å². The van der Waals surface area contributed by atoms with E-state index in [1.807, 2.05) is 25.1 Å². The van der Waals surface area contributed by atoms with Gasteiger partial charge in [-0.3, -0.25) is 0 Å². The Morgan fingerprint density at radius 1 is 1.35 bits per heavy atom. The quantitative estimate of drug-likeness (QED) is 0.787. The molecule has 0 fully saturated rings. The van der Waals surface area contributed by atoms with Crippen LogP contribution in [0.5, 0.6) is 0 Å². The number of rotatable bonds is 4. The lowest BCUT2D eigenvalue weighted by molar-refractivity contribution is 0.377. The van der Waals surface area contributed by atoms with Crippen molar-refractivity contribution in [2.75, 3.05) is 17.6 Å². The second-order valence-corrected chi connectivity index (χ2v) is 3.98. The maximum atomic E-state index is 5.83. The lowest BCUT2D eigenvalue weighted by Gasteiger charge is -2.07. The molecule has 0 radical (unpaired) electrons. The van der Waals surface area contributed by atoms with Gasteiger partial charge < -0.3 is 15.6 Å². The van der Waals surface area contributed by atoms with Crippen LogP contribution in [-0.4, -0.2) is 16.7 Å². The fraction of sp³-hybridized carbons (Fsp3) is 0.333. The molecule has 0 saturated carbocycles. The number of nitrogens with zero attached hydrogens (tertiary/aromatic N) is 2. The first-order valence-corrected chi connectivity index (χ1v) is 5.54. The molecular formula is C12H16N4O. The van der Waals surface area contributed by atoms with E-state index in [4.69, 9.17) is 10.3 Å². The summed E-state index contributed by atoms with van der Waals surface area (Å²) in [7, 11) is 0. The van der Waals surface area contributed by atoms with Gasteiger partial charge in [0.05, 0.1) is 0 Å². The minimum atomic E-state index is 0.648. The Morgan fingerprint density at radius 3 is 2.82 bits per heavy atom. The first-order valence-electron chi connectivity index (χ1n) is 5.54. The summed E-state index contributed by atoms with van der Waals surface area (Å²) in [6.07, 6.45) is 0.703. The molecule has 0 amide bonds. The standard InChI is InChI=1S/C12H16N4O/c1-8-3-4-10(7-11(8)13)14-6-5-12-15-9(2)16-17-12/h3-4,7,14H,5-6,13H2,1-2H3. The highest BCUT2D eigenvalue weighted by Crippen LogP contribution is 2.16. The predicted molar refractivity (Wildman–Crippen MR) is 66.8 cm³/mol. The van der Waals surface area contributed by atoms with Crippen LogP contribution in [0.4, 0.5) is 11.4 Å². The van der Waals surface area contributed by atoms with Gasteiger partial charge in [-0.15, -0.1) is 0 Å². The first-order chi connectivity index (χ1) is 8.15. The van der Waals surface area contributed by atoms with Crippen LogP contribution in [0.3, 0.4) is 0 Å². The molecule has 1 aromatic carbocycles. The van der Waals surface area contributed by atoms with E-state index in [1.165, 1.54) is 0 Å². The molecule has 90 valence electrons. The molecule has 17 heavy (non-hydrogen) atoms. The van der Waals surface area contributed by atoms with E-state index in [-0.39, 0.29) is 0 Å². The van der Waals surface area contributed by atoms with Crippen molar-refractivity contribution in [2.45, 2.75) is 20.3 Å². The average Bonchev–Trinajstić information content (AvgIpc) is 2.70. The molecule has 2 aromatic rings. The van der Waals surface area contributed by atoms with E-state index in [0.29, 0.717) is 18.1 Å². The zero-order valence-electron chi connectivity index (χ0n) is 10.0. The van der Waals surface area contributed by atoms with Crippen LogP contribution >= 0.6 is 0 Å². The van der Waals surface area contributed by atoms with Crippen molar-refractivity contribution in [1.29, 1.82) is 0 Å². The molecule has 0 bridgehead atoms. The van der Waals surface area contributed by atoms with Crippen molar-refractivity contribution in [2.24, 2.45) is 0 Å². The third-order valence-electron chi connectivity index (χ3n) is 2.52. The molecule has 0 aliphatic rings. The van der Waals surface area contributed by atoms with Gasteiger partial charge in [-0.1, -0.05) is 11.2 Å². The predicted octanol–water partition coefficient (Wildman–Crippen LogP) is 1.92. The molecular weight excluding hydrogens is 216 g/mol. The second kappa shape index (κ2) is 4.86. The first kappa shape index (κ1) is 11.4. The molecule has 1 aromatic heterocycles. The maximum Gasteiger partial charge on any atom is 0.228 e. The van der Waals surface area contributed by atoms with Gasteiger partial charge in [0, 0.05) is 24.3 Å². The molecule has 2 rings (SSSR count). The fourth-order valence-corrected chi connectivity index (χ4v) is 1.51. The van der Waals surface area contributed by atoms with E-state index in [9.17, 15) is 0 Å². The van der Waals surface area contributed by atoms with Gasteiger partial charge >= 0.3 is 0 Å². The number of hydrogen-bond acceptors (Lipinski definition) is 5. The summed E-state index contributed by atoms with van der Waals surface area (Å²) >= 11 is 0. The number of aromatic nitrogens is 2. The van der Waals surface area contributed by atoms with Gasteiger partial charge in [0.1, 0.15) is 0 Å². The van der Waals surface area contributed by atoms with Crippen LogP contribution in [-0.2, 0) is 6.42 Å². The summed E-state index contributed by atoms with van der Waals surface area (Å²) in [5.74, 6) is 1.31. The lowest BCUT2D eigenvalue weighted by atomic mass is 10.2. The number of nitrogens with two attached hydrogens (primary N) is 1. The Kier molecular flexibility index (Phi) is 3.27. The molecule has 0 aliphatic heterocycles. The minimum Gasteiger partial charge on any atom is -0.398 e. The molecule has 0 atom stereocenters. The normalized spacial score (nSPS) is 10.5. The van der Waals surface area contributed by atoms with Gasteiger partial charge in [0.15, 0.2) is 5.82 Å². The van der Waals surface area contributed by atoms with Crippen molar-refractivity contribution in [3.63, 3.8) is 0 Å². The SMILES string of the molecule is Cc1noc(CCNc2ccc(C)c(N)c2)n1. The smallest absolute Gasteiger partial charge is 0.228 e. The van der Waals surface area contributed by atoms with Crippen LogP contribution in [0, 0.1) is 13.8 Å². The number of nitrogen functional groups attached to an aromatic ring is 1. The molecule has 1 heterocycles. The Hall–Kier alpha value is -2.04. The molecule has 5 heteroatoms. The van der Waals surface area contributed by atoms with E-state index in [1.54, 1.807) is 6.92 Å². The van der Waals surface area contributed by atoms with Crippen molar-refractivity contribution in [1.82, 2.24) is 10.1 Å². The van der Waals surface area contributed by atoms with Crippen molar-refractivity contribution in [3.8, 4) is 0 Å². The van der Waals surface area contributed by atoms with Gasteiger partial charge in [-0.05, 0) is 31.5 Å². The molecule has 0 unspecified atom stereocenters. The van der Waals surface area contributed by atoms with Crippen molar-refractivity contribution in [3.05, 3.63) is 35.5 Å². The number of benzene rings is 1. The van der Waals surface area contributed by atoms with Crippen LogP contribution in [0.15, 0.2) is 22.7 Å². The summed E-state index contributed by atoms with van der Waals surface area (Å²) in [6, 6.07) is 5.92. The van der Waals surface area contributed by atoms with Crippen LogP contribution < -0.4 is 11.1 Å². The topological polar surface area (TPSA) is 77.0 Å². The van der Waals surface area contributed by atoms with Crippen molar-refractivity contribution < 1.29 is 4.52 Å². The van der Waals surface area contributed by atoms with E-state index >= 15 is 0 Å². The van der Waals surface area contributed by atoms with Crippen LogP contribution in [0.25, 0.3) is 0 Å². The molecule has 5 nitrogen and oxygen atoms in total. The van der Waals surface area contributed by atoms with Gasteiger partial charge in [-0.2, -0.15) is 4.98 Å². The summed E-state index contributed by atoms with van der Waals surface area (Å²) < 4.78 is 5.02. The van der Waals surface area contributed by atoms with Crippen molar-refractivity contribution >= 4 is 11.4 Å². The van der Waals surface area contributed by atoms with E-state index in [2.05, 4.69) is 15.5 Å². The zero-order valence-corrected chi connectivity index (χ0v) is 10.0. The summed E-state index contributed by atoms with van der Waals surface area (Å²) in [5, 5.41) is 7.00. The highest BCUT2D eigenvalue weighted by Gasteiger charge is 2.02. The summed E-state index contributed by atoms with van der Waals surface area (Å²) in [4.78, 5) is 4.13. The fourth-order valence-electron chi connectivity index (χ4n) is 1.51. The Bertz CT molecular complexity index is 507. The zero-order chi connectivity index (χ0) is 12.3. The number of nitrogens with one attached hydrogen (secondary N) is 1. The van der Waals surface area contributed by atoms with Gasteiger partial charge in [-0.25, -0.2) is 0 Å². The Labute approximate surface area is 100 Å². The third-order valence-corrected chi connectivity index (χ3v) is 2.52. The maximum absolute atomic E-state index is 5.83. The summed E-state index contributed by atoms with van der Waals surface area (Å²) in [6.45, 7) is 4.53. The number of aryl methyl sites for hydroxylation is 2. The van der Waals surface area contributed by atoms with E-state index in [0.717, 1.165) is 23.5 Å². The molecule has 3 N–H and O–H groups in total. The Balaban J connectivity index is 1.87. The highest BCUT2D eigenvalue weighted by molar-refractivity contribution is 5.58. The van der Waals surface area contributed by atoms with Gasteiger partial charge in [0.25, 0.3) is 0 Å². The number of anilines is 2. The highest BCUT2D eigenvalue weighted by atomic mass is 16.5. The van der Waals surface area contributed by atoms with Crippen LogP contribution in [0.1, 0.15) is 17.3 Å². The monoisotopic (exact) mass is 232 g/mol. The molecule has 0 aliphatic carbocycles. The molecule has 0 spiro atoms. The van der Waals surface area contributed by atoms with E-state index < -0.39 is 0 Å². The minimum absolute atomic E-state index is 0.648. The molecule has 0 saturated heterocycles. The average molecular weight is 232 g/mol. The number of hydrogen-bond donors (Lipinski definition) is 2. The third kappa shape index (κ3) is 2.96. The lowest BCUT2D eigenvalue weighted by Crippen LogP contribution is -2.05. The second-order valence-electron chi connectivity index (χ2n) is 3.98. The Morgan fingerprint density at radius 2 is 2.18 bits per heavy atom. The summed E-state index contributed by atoms with van der Waals surface area (Å²) in [5.41, 5.74) is 8.71.